The zero-order valence-corrected chi connectivity index (χ0v) is 14.5. The molecule has 2 rings (SSSR count). The van der Waals surface area contributed by atoms with Gasteiger partial charge in [-0.3, -0.25) is 9.59 Å². The summed E-state index contributed by atoms with van der Waals surface area (Å²) in [5.41, 5.74) is 12.6. The lowest BCUT2D eigenvalue weighted by Crippen LogP contribution is -2.51. The van der Waals surface area contributed by atoms with Gasteiger partial charge < -0.3 is 16.4 Å². The van der Waals surface area contributed by atoms with Crippen molar-refractivity contribution in [3.8, 4) is 0 Å². The van der Waals surface area contributed by atoms with Gasteiger partial charge in [-0.05, 0) is 25.3 Å². The first-order valence-corrected chi connectivity index (χ1v) is 7.82. The number of primary amides is 1. The van der Waals surface area contributed by atoms with Crippen LogP contribution in [0, 0.1) is 11.8 Å². The van der Waals surface area contributed by atoms with Gasteiger partial charge in [-0.15, -0.1) is 12.4 Å². The van der Waals surface area contributed by atoms with Crippen LogP contribution in [-0.2, 0) is 9.59 Å². The Labute approximate surface area is 143 Å². The molecule has 1 saturated heterocycles. The molecule has 4 atom stereocenters. The molecule has 0 radical (unpaired) electrons. The maximum absolute atomic E-state index is 12.8. The molecule has 1 heterocycles. The minimum absolute atomic E-state index is 0. The van der Waals surface area contributed by atoms with E-state index in [1.807, 2.05) is 44.2 Å². The second kappa shape index (κ2) is 8.31. The normalized spacial score (nSPS) is 23.5. The van der Waals surface area contributed by atoms with Crippen molar-refractivity contribution in [2.24, 2.45) is 23.3 Å². The van der Waals surface area contributed by atoms with Crippen LogP contribution in [0.1, 0.15) is 38.3 Å². The molecule has 1 aliphatic heterocycles. The van der Waals surface area contributed by atoms with Gasteiger partial charge in [0.25, 0.3) is 0 Å². The van der Waals surface area contributed by atoms with Crippen LogP contribution < -0.4 is 11.5 Å². The van der Waals surface area contributed by atoms with Crippen LogP contribution in [0.5, 0.6) is 0 Å². The first kappa shape index (κ1) is 19.5. The quantitative estimate of drug-likeness (QED) is 0.877. The molecule has 2 amide bonds. The third-order valence-corrected chi connectivity index (χ3v) is 4.68. The number of hydrogen-bond acceptors (Lipinski definition) is 3. The summed E-state index contributed by atoms with van der Waals surface area (Å²) in [5.74, 6) is -0.920. The van der Waals surface area contributed by atoms with Gasteiger partial charge in [-0.2, -0.15) is 0 Å². The Bertz CT molecular complexity index is 538. The number of likely N-dealkylation sites (tertiary alicyclic amines) is 1. The highest BCUT2D eigenvalue weighted by atomic mass is 35.5. The van der Waals surface area contributed by atoms with E-state index >= 15 is 0 Å². The zero-order valence-electron chi connectivity index (χ0n) is 13.6. The number of rotatable bonds is 4. The third-order valence-electron chi connectivity index (χ3n) is 4.68. The first-order valence-electron chi connectivity index (χ1n) is 7.82. The molecule has 1 aromatic rings. The minimum Gasteiger partial charge on any atom is -0.369 e. The van der Waals surface area contributed by atoms with Crippen molar-refractivity contribution in [3.63, 3.8) is 0 Å². The third kappa shape index (κ3) is 4.45. The molecule has 0 spiro atoms. The summed E-state index contributed by atoms with van der Waals surface area (Å²) in [5, 5.41) is 0. The zero-order chi connectivity index (χ0) is 16.3. The SMILES string of the molecule is CC(C(=O)N1CC(C(N)=O)CCC1C)C(N)c1ccccc1.Cl. The standard InChI is InChI=1S/C17H25N3O2.ClH/c1-11-8-9-14(16(19)21)10-20(11)17(22)12(2)15(18)13-6-4-3-5-7-13;/h3-7,11-12,14-15H,8-10,18H2,1-2H3,(H2,19,21);1H. The van der Waals surface area contributed by atoms with Crippen molar-refractivity contribution in [2.75, 3.05) is 6.54 Å². The predicted octanol–water partition coefficient (Wildman–Crippen LogP) is 1.86. The van der Waals surface area contributed by atoms with Gasteiger partial charge in [0.15, 0.2) is 0 Å². The van der Waals surface area contributed by atoms with Crippen LogP contribution in [0.15, 0.2) is 30.3 Å². The molecule has 1 fully saturated rings. The summed E-state index contributed by atoms with van der Waals surface area (Å²) >= 11 is 0. The number of nitrogens with two attached hydrogens (primary N) is 2. The van der Waals surface area contributed by atoms with Crippen molar-refractivity contribution in [1.29, 1.82) is 0 Å². The molecule has 0 bridgehead atoms. The molecule has 0 aromatic heterocycles. The van der Waals surface area contributed by atoms with Crippen molar-refractivity contribution in [3.05, 3.63) is 35.9 Å². The van der Waals surface area contributed by atoms with E-state index in [-0.39, 0.29) is 48.1 Å². The highest BCUT2D eigenvalue weighted by molar-refractivity contribution is 5.85. The van der Waals surface area contributed by atoms with Crippen LogP contribution >= 0.6 is 12.4 Å². The van der Waals surface area contributed by atoms with E-state index in [0.717, 1.165) is 18.4 Å². The summed E-state index contributed by atoms with van der Waals surface area (Å²) < 4.78 is 0. The number of hydrogen-bond donors (Lipinski definition) is 2. The summed E-state index contributed by atoms with van der Waals surface area (Å²) in [6, 6.07) is 9.38. The summed E-state index contributed by atoms with van der Waals surface area (Å²) in [6.07, 6.45) is 1.55. The number of carbonyl (C=O) groups is 2. The molecule has 5 nitrogen and oxygen atoms in total. The Morgan fingerprint density at radius 3 is 2.39 bits per heavy atom. The summed E-state index contributed by atoms with van der Waals surface area (Å²) in [6.45, 7) is 4.26. The van der Waals surface area contributed by atoms with Gasteiger partial charge in [0.1, 0.15) is 0 Å². The van der Waals surface area contributed by atoms with Gasteiger partial charge >= 0.3 is 0 Å². The van der Waals surface area contributed by atoms with Crippen LogP contribution in [-0.4, -0.2) is 29.3 Å². The van der Waals surface area contributed by atoms with E-state index in [1.54, 1.807) is 4.90 Å². The summed E-state index contributed by atoms with van der Waals surface area (Å²) in [4.78, 5) is 26.0. The van der Waals surface area contributed by atoms with Gasteiger partial charge in [0.05, 0.1) is 11.8 Å². The van der Waals surface area contributed by atoms with E-state index in [4.69, 9.17) is 11.5 Å². The highest BCUT2D eigenvalue weighted by Crippen LogP contribution is 2.27. The maximum atomic E-state index is 12.8. The molecular formula is C17H26ClN3O2. The number of piperidine rings is 1. The Hall–Kier alpha value is -1.59. The number of halogens is 1. The summed E-state index contributed by atoms with van der Waals surface area (Å²) in [7, 11) is 0. The Balaban J connectivity index is 0.00000264. The topological polar surface area (TPSA) is 89.4 Å². The second-order valence-electron chi connectivity index (χ2n) is 6.24. The van der Waals surface area contributed by atoms with E-state index in [1.165, 1.54) is 0 Å². The average molecular weight is 340 g/mol. The Morgan fingerprint density at radius 1 is 1.22 bits per heavy atom. The molecular weight excluding hydrogens is 314 g/mol. The molecule has 4 N–H and O–H groups in total. The fourth-order valence-corrected chi connectivity index (χ4v) is 3.03. The van der Waals surface area contributed by atoms with Gasteiger partial charge in [-0.1, -0.05) is 37.3 Å². The van der Waals surface area contributed by atoms with Gasteiger partial charge in [0.2, 0.25) is 11.8 Å². The largest absolute Gasteiger partial charge is 0.369 e. The Kier molecular flexibility index (Phi) is 7.03. The van der Waals surface area contributed by atoms with E-state index in [2.05, 4.69) is 0 Å². The van der Waals surface area contributed by atoms with E-state index < -0.39 is 0 Å². The molecule has 6 heteroatoms. The molecule has 23 heavy (non-hydrogen) atoms. The molecule has 1 aromatic carbocycles. The predicted molar refractivity (Wildman–Crippen MR) is 92.9 cm³/mol. The van der Waals surface area contributed by atoms with Crippen molar-refractivity contribution < 1.29 is 9.59 Å². The van der Waals surface area contributed by atoms with E-state index in [0.29, 0.717) is 6.54 Å². The van der Waals surface area contributed by atoms with Crippen molar-refractivity contribution >= 4 is 24.2 Å². The van der Waals surface area contributed by atoms with Crippen LogP contribution in [0.3, 0.4) is 0 Å². The van der Waals surface area contributed by atoms with Gasteiger partial charge in [0, 0.05) is 18.6 Å². The molecule has 0 saturated carbocycles. The van der Waals surface area contributed by atoms with Gasteiger partial charge in [-0.25, -0.2) is 0 Å². The smallest absolute Gasteiger partial charge is 0.227 e. The molecule has 0 aliphatic carbocycles. The van der Waals surface area contributed by atoms with Crippen LogP contribution in [0.2, 0.25) is 0 Å². The minimum atomic E-state index is -0.352. The number of amides is 2. The number of nitrogens with zero attached hydrogens (tertiary/aromatic N) is 1. The molecule has 128 valence electrons. The first-order chi connectivity index (χ1) is 10.4. The average Bonchev–Trinajstić information content (AvgIpc) is 2.53. The maximum Gasteiger partial charge on any atom is 0.227 e. The highest BCUT2D eigenvalue weighted by Gasteiger charge is 2.35. The lowest BCUT2D eigenvalue weighted by molar-refractivity contribution is -0.141. The molecule has 4 unspecified atom stereocenters. The second-order valence-corrected chi connectivity index (χ2v) is 6.24. The van der Waals surface area contributed by atoms with Crippen LogP contribution in [0.25, 0.3) is 0 Å². The lowest BCUT2D eigenvalue weighted by atomic mass is 9.89. The monoisotopic (exact) mass is 339 g/mol. The number of benzene rings is 1. The van der Waals surface area contributed by atoms with E-state index in [9.17, 15) is 9.59 Å². The van der Waals surface area contributed by atoms with Crippen molar-refractivity contribution in [2.45, 2.75) is 38.8 Å². The molecule has 1 aliphatic rings. The number of carbonyl (C=O) groups excluding carboxylic acids is 2. The fourth-order valence-electron chi connectivity index (χ4n) is 3.03. The lowest BCUT2D eigenvalue weighted by Gasteiger charge is -2.39. The fraction of sp³-hybridized carbons (Fsp3) is 0.529. The van der Waals surface area contributed by atoms with Crippen molar-refractivity contribution in [1.82, 2.24) is 4.90 Å². The van der Waals surface area contributed by atoms with Crippen LogP contribution in [0.4, 0.5) is 0 Å². The Morgan fingerprint density at radius 2 is 1.83 bits per heavy atom.